The van der Waals surface area contributed by atoms with Crippen molar-refractivity contribution in [2.45, 2.75) is 0 Å². The van der Waals surface area contributed by atoms with Crippen LogP contribution < -0.4 is 4.74 Å². The van der Waals surface area contributed by atoms with Gasteiger partial charge < -0.3 is 4.74 Å². The van der Waals surface area contributed by atoms with Crippen LogP contribution in [-0.4, -0.2) is 17.3 Å². The number of benzene rings is 1. The first-order chi connectivity index (χ1) is 7.56. The van der Waals surface area contributed by atoms with Gasteiger partial charge in [0.1, 0.15) is 6.61 Å². The van der Waals surface area contributed by atoms with Crippen LogP contribution in [0.5, 0.6) is 5.75 Å². The van der Waals surface area contributed by atoms with Crippen molar-refractivity contribution in [3.05, 3.63) is 46.3 Å². The molecule has 6 heteroatoms. The van der Waals surface area contributed by atoms with Crippen molar-refractivity contribution in [3.63, 3.8) is 0 Å². The highest BCUT2D eigenvalue weighted by atomic mass is 32.1. The Labute approximate surface area is 97.3 Å². The Hall–Kier alpha value is -1.56. The Bertz CT molecular complexity index is 423. The largest absolute Gasteiger partial charge is 0.480 e. The molecule has 0 aromatic heterocycles. The minimum absolute atomic E-state index is 0.00523. The van der Waals surface area contributed by atoms with Crippen molar-refractivity contribution in [1.82, 2.24) is 0 Å². The third kappa shape index (κ3) is 2.96. The van der Waals surface area contributed by atoms with Crippen molar-refractivity contribution in [2.24, 2.45) is 0 Å². The first-order valence-corrected chi connectivity index (χ1v) is 5.02. The van der Waals surface area contributed by atoms with E-state index in [-0.39, 0.29) is 12.4 Å². The van der Waals surface area contributed by atoms with E-state index in [4.69, 9.17) is 4.74 Å². The number of hydrogen-bond donors (Lipinski definition) is 1. The van der Waals surface area contributed by atoms with Crippen LogP contribution in [-0.2, 0) is 0 Å². The summed E-state index contributed by atoms with van der Waals surface area (Å²) in [6, 6.07) is 3.54. The topological polar surface area (TPSA) is 52.4 Å². The third-order valence-corrected chi connectivity index (χ3v) is 2.23. The van der Waals surface area contributed by atoms with Gasteiger partial charge in [-0.25, -0.2) is 4.39 Å². The van der Waals surface area contributed by atoms with Gasteiger partial charge in [0.05, 0.1) is 4.92 Å². The number of para-hydroxylation sites is 1. The third-order valence-electron chi connectivity index (χ3n) is 1.79. The molecule has 16 heavy (non-hydrogen) atoms. The first-order valence-electron chi connectivity index (χ1n) is 4.39. The molecule has 0 saturated heterocycles. The predicted octanol–water partition coefficient (Wildman–Crippen LogP) is 2.60. The van der Waals surface area contributed by atoms with E-state index in [1.807, 2.05) is 0 Å². The summed E-state index contributed by atoms with van der Waals surface area (Å²) >= 11 is 3.95. The average molecular weight is 243 g/mol. The monoisotopic (exact) mass is 243 g/mol. The lowest BCUT2D eigenvalue weighted by atomic mass is 10.3. The van der Waals surface area contributed by atoms with Gasteiger partial charge in [-0.3, -0.25) is 10.1 Å². The second-order valence-corrected chi connectivity index (χ2v) is 3.36. The molecule has 0 fully saturated rings. The van der Waals surface area contributed by atoms with Gasteiger partial charge >= 0.3 is 5.69 Å². The summed E-state index contributed by atoms with van der Waals surface area (Å²) in [6.07, 6.45) is 0. The van der Waals surface area contributed by atoms with Crippen LogP contribution in [0.15, 0.2) is 30.4 Å². The van der Waals surface area contributed by atoms with E-state index in [0.717, 1.165) is 6.07 Å². The Morgan fingerprint density at radius 3 is 2.88 bits per heavy atom. The molecule has 4 nitrogen and oxygen atoms in total. The molecule has 0 atom stereocenters. The van der Waals surface area contributed by atoms with E-state index in [9.17, 15) is 14.5 Å². The van der Waals surface area contributed by atoms with Crippen LogP contribution in [0.3, 0.4) is 0 Å². The van der Waals surface area contributed by atoms with E-state index in [2.05, 4.69) is 19.2 Å². The zero-order chi connectivity index (χ0) is 12.1. The number of halogens is 1. The van der Waals surface area contributed by atoms with Crippen molar-refractivity contribution >= 4 is 18.3 Å². The van der Waals surface area contributed by atoms with Gasteiger partial charge in [0, 0.05) is 11.8 Å². The summed E-state index contributed by atoms with van der Waals surface area (Å²) in [4.78, 5) is 9.92. The number of nitro groups is 1. The van der Waals surface area contributed by atoms with E-state index < -0.39 is 16.4 Å². The molecule has 0 saturated carbocycles. The predicted molar refractivity (Wildman–Crippen MR) is 61.5 cm³/mol. The molecule has 0 aliphatic rings. The number of nitrogens with zero attached hydrogens (tertiary/aromatic N) is 1. The van der Waals surface area contributed by atoms with Gasteiger partial charge in [-0.1, -0.05) is 12.6 Å². The average Bonchev–Trinajstić information content (AvgIpc) is 2.26. The fraction of sp³-hybridized carbons (Fsp3) is 0.200. The van der Waals surface area contributed by atoms with Crippen LogP contribution in [0.1, 0.15) is 0 Å². The van der Waals surface area contributed by atoms with Gasteiger partial charge in [-0.05, 0) is 11.6 Å². The number of thiol groups is 1. The van der Waals surface area contributed by atoms with Gasteiger partial charge in [-0.15, -0.1) is 0 Å². The molecule has 0 N–H and O–H groups in total. The van der Waals surface area contributed by atoms with E-state index >= 15 is 0 Å². The molecule has 0 aliphatic heterocycles. The summed E-state index contributed by atoms with van der Waals surface area (Å²) in [7, 11) is 0. The zero-order valence-electron chi connectivity index (χ0n) is 8.35. The summed E-state index contributed by atoms with van der Waals surface area (Å²) < 4.78 is 18.3. The molecule has 0 bridgehead atoms. The molecule has 0 spiro atoms. The molecule has 0 aliphatic carbocycles. The zero-order valence-corrected chi connectivity index (χ0v) is 9.24. The van der Waals surface area contributed by atoms with Crippen LogP contribution in [0.4, 0.5) is 10.1 Å². The molecule has 0 amide bonds. The fourth-order valence-electron chi connectivity index (χ4n) is 1.00. The Morgan fingerprint density at radius 1 is 1.62 bits per heavy atom. The van der Waals surface area contributed by atoms with Crippen LogP contribution in [0.25, 0.3) is 0 Å². The summed E-state index contributed by atoms with van der Waals surface area (Å²) in [5.74, 6) is -0.751. The SMILES string of the molecule is C=C(CS)COc1c(F)cccc1[N+](=O)[O-]. The van der Waals surface area contributed by atoms with Gasteiger partial charge in [-0.2, -0.15) is 12.6 Å². The lowest BCUT2D eigenvalue weighted by Crippen LogP contribution is -2.05. The van der Waals surface area contributed by atoms with Gasteiger partial charge in [0.2, 0.25) is 5.75 Å². The minimum atomic E-state index is -0.763. The number of nitro benzene ring substituents is 1. The molecule has 1 aromatic carbocycles. The number of hydrogen-bond acceptors (Lipinski definition) is 4. The van der Waals surface area contributed by atoms with Crippen LogP contribution in [0, 0.1) is 15.9 Å². The summed E-state index contributed by atoms with van der Waals surface area (Å²) in [5.41, 5.74) is 0.216. The minimum Gasteiger partial charge on any atom is -0.480 e. The van der Waals surface area contributed by atoms with Crippen LogP contribution in [0.2, 0.25) is 0 Å². The summed E-state index contributed by atoms with van der Waals surface area (Å²) in [5, 5.41) is 10.6. The summed E-state index contributed by atoms with van der Waals surface area (Å²) in [6.45, 7) is 3.60. The molecule has 0 radical (unpaired) electrons. The van der Waals surface area contributed by atoms with Crippen molar-refractivity contribution < 1.29 is 14.1 Å². The number of ether oxygens (including phenoxy) is 1. The lowest BCUT2D eigenvalue weighted by Gasteiger charge is -2.07. The molecule has 1 rings (SSSR count). The maximum Gasteiger partial charge on any atom is 0.314 e. The Balaban J connectivity index is 2.93. The molecule has 1 aromatic rings. The second-order valence-electron chi connectivity index (χ2n) is 3.04. The highest BCUT2D eigenvalue weighted by Crippen LogP contribution is 2.29. The smallest absolute Gasteiger partial charge is 0.314 e. The van der Waals surface area contributed by atoms with Gasteiger partial charge in [0.25, 0.3) is 0 Å². The molecule has 0 heterocycles. The van der Waals surface area contributed by atoms with E-state index in [0.29, 0.717) is 11.3 Å². The fourth-order valence-corrected chi connectivity index (χ4v) is 1.10. The molecular formula is C10H10FNO3S. The van der Waals surface area contributed by atoms with E-state index in [1.165, 1.54) is 12.1 Å². The Morgan fingerprint density at radius 2 is 2.31 bits per heavy atom. The van der Waals surface area contributed by atoms with Crippen molar-refractivity contribution in [2.75, 3.05) is 12.4 Å². The highest BCUT2D eigenvalue weighted by molar-refractivity contribution is 7.80. The first kappa shape index (κ1) is 12.5. The van der Waals surface area contributed by atoms with Crippen molar-refractivity contribution in [3.8, 4) is 5.75 Å². The lowest BCUT2D eigenvalue weighted by molar-refractivity contribution is -0.386. The van der Waals surface area contributed by atoms with E-state index in [1.54, 1.807) is 0 Å². The quantitative estimate of drug-likeness (QED) is 0.374. The highest BCUT2D eigenvalue weighted by Gasteiger charge is 2.19. The standard InChI is InChI=1S/C10H10FNO3S/c1-7(6-16)5-15-10-8(11)3-2-4-9(10)12(13)14/h2-4,16H,1,5-6H2. The molecule has 86 valence electrons. The van der Waals surface area contributed by atoms with Crippen molar-refractivity contribution in [1.29, 1.82) is 0 Å². The molecule has 0 unspecified atom stereocenters. The maximum atomic E-state index is 13.3. The maximum absolute atomic E-state index is 13.3. The normalized spacial score (nSPS) is 9.88. The van der Waals surface area contributed by atoms with Crippen LogP contribution >= 0.6 is 12.6 Å². The Kier molecular flexibility index (Phi) is 4.30. The van der Waals surface area contributed by atoms with Gasteiger partial charge in [0.15, 0.2) is 5.82 Å². The molecular weight excluding hydrogens is 233 g/mol. The second kappa shape index (κ2) is 5.50. The number of rotatable bonds is 5.